The number of ether oxygens (including phenoxy) is 1. The van der Waals surface area contributed by atoms with E-state index in [0.29, 0.717) is 11.3 Å². The number of Topliss-reactive ketones (excluding diaryl/α,β-unsaturated/α-hetero) is 1. The van der Waals surface area contributed by atoms with E-state index in [-0.39, 0.29) is 12.2 Å². The van der Waals surface area contributed by atoms with Crippen LogP contribution in [0, 0.1) is 0 Å². The number of H-pyrrole nitrogens is 1. The molecule has 2 aromatic heterocycles. The first-order valence-corrected chi connectivity index (χ1v) is 8.79. The quantitative estimate of drug-likeness (QED) is 0.414. The molecule has 7 heteroatoms. The Morgan fingerprint density at radius 3 is 2.64 bits per heavy atom. The van der Waals surface area contributed by atoms with Gasteiger partial charge >= 0.3 is 5.97 Å². The van der Waals surface area contributed by atoms with Crippen LogP contribution in [0.2, 0.25) is 0 Å². The molecule has 0 bridgehead atoms. The molecule has 2 heterocycles. The topological polar surface area (TPSA) is 89.9 Å². The number of hydrogen-bond donors (Lipinski definition) is 1. The van der Waals surface area contributed by atoms with Gasteiger partial charge in [0.2, 0.25) is 0 Å². The molecule has 0 radical (unpaired) electrons. The van der Waals surface area contributed by atoms with Crippen LogP contribution < -0.4 is 0 Å². The molecule has 1 atom stereocenters. The molecule has 0 saturated carbocycles. The first-order chi connectivity index (χ1) is 13.7. The van der Waals surface area contributed by atoms with Crippen molar-refractivity contribution in [3.8, 4) is 0 Å². The van der Waals surface area contributed by atoms with Gasteiger partial charge in [0.1, 0.15) is 5.69 Å². The first kappa shape index (κ1) is 17.7. The van der Waals surface area contributed by atoms with Gasteiger partial charge in [-0.2, -0.15) is 10.2 Å². The van der Waals surface area contributed by atoms with Crippen molar-refractivity contribution < 1.29 is 14.3 Å². The summed E-state index contributed by atoms with van der Waals surface area (Å²) in [6, 6.07) is 16.0. The van der Waals surface area contributed by atoms with Crippen LogP contribution in [-0.4, -0.2) is 38.8 Å². The highest BCUT2D eigenvalue weighted by molar-refractivity contribution is 6.06. The molecule has 2 aromatic carbocycles. The van der Waals surface area contributed by atoms with E-state index in [1.165, 1.54) is 11.8 Å². The Labute approximate surface area is 160 Å². The number of methoxy groups -OCH3 is 1. The van der Waals surface area contributed by atoms with Gasteiger partial charge in [0, 0.05) is 18.0 Å². The fraction of sp³-hybridized carbons (Fsp3) is 0.143. The summed E-state index contributed by atoms with van der Waals surface area (Å²) < 4.78 is 6.46. The standard InChI is InChI=1S/C21H18N4O3/c1-28-21(27)20(15-7-3-2-4-8-15)25-13-14(12-22-25)11-18(26)19-16-9-5-6-10-17(16)23-24-19/h2-10,12-13,20H,11H2,1H3,(H,23,24). The molecule has 0 amide bonds. The van der Waals surface area contributed by atoms with Crippen LogP contribution >= 0.6 is 0 Å². The number of para-hydroxylation sites is 1. The molecule has 0 aliphatic carbocycles. The Morgan fingerprint density at radius 1 is 1.11 bits per heavy atom. The summed E-state index contributed by atoms with van der Waals surface area (Å²) in [6.07, 6.45) is 3.42. The van der Waals surface area contributed by atoms with Gasteiger partial charge in [0.25, 0.3) is 0 Å². The molecule has 28 heavy (non-hydrogen) atoms. The van der Waals surface area contributed by atoms with E-state index in [1.54, 1.807) is 12.4 Å². The van der Waals surface area contributed by atoms with Gasteiger partial charge in [0.05, 0.1) is 18.8 Å². The highest BCUT2D eigenvalue weighted by atomic mass is 16.5. The number of carbonyl (C=O) groups is 2. The number of carbonyl (C=O) groups excluding carboxylic acids is 2. The van der Waals surface area contributed by atoms with Crippen LogP contribution in [0.25, 0.3) is 10.9 Å². The number of nitrogens with one attached hydrogen (secondary N) is 1. The summed E-state index contributed by atoms with van der Waals surface area (Å²) >= 11 is 0. The maximum Gasteiger partial charge on any atom is 0.335 e. The van der Waals surface area contributed by atoms with Crippen LogP contribution in [0.15, 0.2) is 67.0 Å². The van der Waals surface area contributed by atoms with Crippen molar-refractivity contribution >= 4 is 22.7 Å². The lowest BCUT2D eigenvalue weighted by Crippen LogP contribution is -2.22. The monoisotopic (exact) mass is 374 g/mol. The van der Waals surface area contributed by atoms with Crippen LogP contribution in [0.5, 0.6) is 0 Å². The summed E-state index contributed by atoms with van der Waals surface area (Å²) in [4.78, 5) is 25.0. The smallest absolute Gasteiger partial charge is 0.335 e. The average Bonchev–Trinajstić information content (AvgIpc) is 3.36. The van der Waals surface area contributed by atoms with E-state index < -0.39 is 12.0 Å². The number of aromatic amines is 1. The van der Waals surface area contributed by atoms with Crippen molar-refractivity contribution in [3.05, 3.63) is 83.8 Å². The summed E-state index contributed by atoms with van der Waals surface area (Å²) in [5.74, 6) is -0.545. The third kappa shape index (κ3) is 3.29. The minimum atomic E-state index is -0.707. The number of rotatable bonds is 6. The third-order valence-electron chi connectivity index (χ3n) is 4.56. The SMILES string of the molecule is COC(=O)C(c1ccccc1)n1cc(CC(=O)c2n[nH]c3ccccc23)cn1. The van der Waals surface area contributed by atoms with Crippen molar-refractivity contribution in [2.45, 2.75) is 12.5 Å². The summed E-state index contributed by atoms with van der Waals surface area (Å²) in [5, 5.41) is 12.1. The van der Waals surface area contributed by atoms with Crippen molar-refractivity contribution in [1.82, 2.24) is 20.0 Å². The molecule has 4 aromatic rings. The zero-order valence-electron chi connectivity index (χ0n) is 15.2. The lowest BCUT2D eigenvalue weighted by molar-refractivity contribution is -0.143. The Balaban J connectivity index is 1.59. The maximum absolute atomic E-state index is 12.7. The predicted molar refractivity (Wildman–Crippen MR) is 103 cm³/mol. The number of fused-ring (bicyclic) bond motifs is 1. The summed E-state index contributed by atoms with van der Waals surface area (Å²) in [6.45, 7) is 0. The Morgan fingerprint density at radius 2 is 1.86 bits per heavy atom. The second-order valence-corrected chi connectivity index (χ2v) is 6.38. The number of benzene rings is 2. The van der Waals surface area contributed by atoms with Crippen LogP contribution in [0.1, 0.15) is 27.7 Å². The first-order valence-electron chi connectivity index (χ1n) is 8.79. The van der Waals surface area contributed by atoms with E-state index in [1.807, 2.05) is 54.6 Å². The lowest BCUT2D eigenvalue weighted by atomic mass is 10.1. The van der Waals surface area contributed by atoms with E-state index in [2.05, 4.69) is 15.3 Å². The molecule has 1 unspecified atom stereocenters. The van der Waals surface area contributed by atoms with Crippen LogP contribution in [0.4, 0.5) is 0 Å². The fourth-order valence-corrected chi connectivity index (χ4v) is 3.20. The minimum Gasteiger partial charge on any atom is -0.467 e. The number of ketones is 1. The van der Waals surface area contributed by atoms with Gasteiger partial charge in [-0.1, -0.05) is 48.5 Å². The molecule has 140 valence electrons. The van der Waals surface area contributed by atoms with Crippen LogP contribution in [0.3, 0.4) is 0 Å². The highest BCUT2D eigenvalue weighted by Crippen LogP contribution is 2.21. The Bertz CT molecular complexity index is 1130. The lowest BCUT2D eigenvalue weighted by Gasteiger charge is -2.15. The van der Waals surface area contributed by atoms with Gasteiger partial charge in [-0.05, 0) is 17.2 Å². The molecule has 0 aliphatic heterocycles. The van der Waals surface area contributed by atoms with E-state index >= 15 is 0 Å². The number of nitrogens with zero attached hydrogens (tertiary/aromatic N) is 3. The van der Waals surface area contributed by atoms with E-state index in [4.69, 9.17) is 4.74 Å². The molecular formula is C21H18N4O3. The van der Waals surface area contributed by atoms with Gasteiger partial charge in [-0.25, -0.2) is 4.79 Å². The Hall–Kier alpha value is -3.74. The second-order valence-electron chi connectivity index (χ2n) is 6.38. The van der Waals surface area contributed by atoms with E-state index in [9.17, 15) is 9.59 Å². The number of aromatic nitrogens is 4. The van der Waals surface area contributed by atoms with Gasteiger partial charge in [-0.3, -0.25) is 14.6 Å². The second kappa shape index (κ2) is 7.48. The van der Waals surface area contributed by atoms with E-state index in [0.717, 1.165) is 16.5 Å². The summed E-state index contributed by atoms with van der Waals surface area (Å²) in [7, 11) is 1.34. The third-order valence-corrected chi connectivity index (χ3v) is 4.56. The predicted octanol–water partition coefficient (Wildman–Crippen LogP) is 2.95. The summed E-state index contributed by atoms with van der Waals surface area (Å²) in [5.41, 5.74) is 2.67. The molecule has 0 saturated heterocycles. The zero-order chi connectivity index (χ0) is 19.5. The molecule has 7 nitrogen and oxygen atoms in total. The Kier molecular flexibility index (Phi) is 4.72. The van der Waals surface area contributed by atoms with Gasteiger partial charge < -0.3 is 4.74 Å². The van der Waals surface area contributed by atoms with Gasteiger partial charge in [-0.15, -0.1) is 0 Å². The molecular weight excluding hydrogens is 356 g/mol. The molecule has 0 aliphatic rings. The number of esters is 1. The fourth-order valence-electron chi connectivity index (χ4n) is 3.20. The molecule has 4 rings (SSSR count). The molecule has 1 N–H and O–H groups in total. The molecule has 0 fully saturated rings. The van der Waals surface area contributed by atoms with Crippen molar-refractivity contribution in [3.63, 3.8) is 0 Å². The average molecular weight is 374 g/mol. The van der Waals surface area contributed by atoms with Crippen molar-refractivity contribution in [2.75, 3.05) is 7.11 Å². The largest absolute Gasteiger partial charge is 0.467 e. The highest BCUT2D eigenvalue weighted by Gasteiger charge is 2.25. The van der Waals surface area contributed by atoms with Crippen LogP contribution in [-0.2, 0) is 16.0 Å². The van der Waals surface area contributed by atoms with Gasteiger partial charge in [0.15, 0.2) is 11.8 Å². The zero-order valence-corrected chi connectivity index (χ0v) is 15.2. The maximum atomic E-state index is 12.7. The normalized spacial score (nSPS) is 12.0. The molecule has 0 spiro atoms. The number of hydrogen-bond acceptors (Lipinski definition) is 5. The van der Waals surface area contributed by atoms with Crippen molar-refractivity contribution in [2.24, 2.45) is 0 Å². The minimum absolute atomic E-state index is 0.119. The van der Waals surface area contributed by atoms with Crippen molar-refractivity contribution in [1.29, 1.82) is 0 Å².